The molecule has 112 valence electrons. The third kappa shape index (κ3) is 3.24. The Balaban J connectivity index is 2.29. The fraction of sp³-hybridized carbons (Fsp3) is 0.286. The minimum Gasteiger partial charge on any atom is -0.486 e. The van der Waals surface area contributed by atoms with Crippen molar-refractivity contribution in [2.45, 2.75) is 27.0 Å². The van der Waals surface area contributed by atoms with Gasteiger partial charge in [-0.25, -0.2) is 4.39 Å². The van der Waals surface area contributed by atoms with Crippen molar-refractivity contribution in [3.63, 3.8) is 0 Å². The molecule has 0 aliphatic heterocycles. The maximum absolute atomic E-state index is 13.8. The summed E-state index contributed by atoms with van der Waals surface area (Å²) in [5, 5.41) is 4.38. The predicted octanol–water partition coefficient (Wildman–Crippen LogP) is 3.33. The average molecular weight is 372 g/mol. The van der Waals surface area contributed by atoms with Crippen LogP contribution in [0.5, 0.6) is 5.75 Å². The number of ether oxygens (including phenoxy) is 1. The van der Waals surface area contributed by atoms with Gasteiger partial charge in [0.05, 0.1) is 21.4 Å². The van der Waals surface area contributed by atoms with Gasteiger partial charge in [-0.15, -0.1) is 0 Å². The summed E-state index contributed by atoms with van der Waals surface area (Å²) in [6, 6.07) is 4.51. The topological polar surface area (TPSA) is 53.1 Å². The van der Waals surface area contributed by atoms with Crippen LogP contribution in [0.2, 0.25) is 0 Å². The van der Waals surface area contributed by atoms with Gasteiger partial charge in [0.25, 0.3) is 0 Å². The van der Waals surface area contributed by atoms with Crippen molar-refractivity contribution in [1.29, 1.82) is 0 Å². The molecule has 0 unspecified atom stereocenters. The molecule has 1 aromatic carbocycles. The van der Waals surface area contributed by atoms with Crippen LogP contribution in [0.1, 0.15) is 23.9 Å². The van der Waals surface area contributed by atoms with Gasteiger partial charge in [0.1, 0.15) is 23.2 Å². The molecule has 0 fully saturated rings. The van der Waals surface area contributed by atoms with E-state index in [2.05, 4.69) is 21.0 Å². The van der Waals surface area contributed by atoms with Crippen molar-refractivity contribution in [2.75, 3.05) is 0 Å². The molecule has 0 aliphatic rings. The predicted molar refractivity (Wildman–Crippen MR) is 87.0 cm³/mol. The van der Waals surface area contributed by atoms with E-state index in [0.717, 1.165) is 22.4 Å². The first-order valence-corrected chi connectivity index (χ1v) is 7.58. The van der Waals surface area contributed by atoms with Gasteiger partial charge in [-0.3, -0.25) is 4.68 Å². The molecule has 0 radical (unpaired) electrons. The molecule has 4 nitrogen and oxygen atoms in total. The standard InChI is InChI=1S/C14H15BrFN3OS/c1-3-19-10(13(15)8(2)18-19)7-20-11-6-4-5-9(16)12(11)14(17)21/h4-6H,3,7H2,1-2H3,(H2,17,21). The number of benzene rings is 1. The van der Waals surface area contributed by atoms with Crippen LogP contribution in [-0.2, 0) is 13.2 Å². The SMILES string of the molecule is CCn1nc(C)c(Br)c1COc1cccc(F)c1C(N)=S. The second-order valence-corrected chi connectivity index (χ2v) is 5.66. The molecule has 1 aromatic heterocycles. The first kappa shape index (κ1) is 15.9. The normalized spacial score (nSPS) is 10.7. The molecule has 2 aromatic rings. The van der Waals surface area contributed by atoms with Crippen LogP contribution < -0.4 is 10.5 Å². The Morgan fingerprint density at radius 1 is 1.52 bits per heavy atom. The quantitative estimate of drug-likeness (QED) is 0.819. The number of halogens is 2. The van der Waals surface area contributed by atoms with E-state index in [0.29, 0.717) is 5.75 Å². The fourth-order valence-electron chi connectivity index (χ4n) is 2.02. The monoisotopic (exact) mass is 371 g/mol. The molecule has 0 aliphatic carbocycles. The second kappa shape index (κ2) is 6.53. The van der Waals surface area contributed by atoms with Crippen molar-refractivity contribution >= 4 is 33.1 Å². The van der Waals surface area contributed by atoms with Gasteiger partial charge in [0.15, 0.2) is 0 Å². The third-order valence-corrected chi connectivity index (χ3v) is 4.27. The van der Waals surface area contributed by atoms with Crippen LogP contribution in [0.4, 0.5) is 4.39 Å². The smallest absolute Gasteiger partial charge is 0.137 e. The Hall–Kier alpha value is -1.47. The van der Waals surface area contributed by atoms with E-state index in [-0.39, 0.29) is 17.2 Å². The third-order valence-electron chi connectivity index (χ3n) is 3.04. The lowest BCUT2D eigenvalue weighted by Gasteiger charge is -2.12. The summed E-state index contributed by atoms with van der Waals surface area (Å²) in [6.45, 7) is 4.86. The molecule has 2 rings (SSSR count). The number of hydrogen-bond acceptors (Lipinski definition) is 3. The van der Waals surface area contributed by atoms with Gasteiger partial charge >= 0.3 is 0 Å². The lowest BCUT2D eigenvalue weighted by molar-refractivity contribution is 0.289. The highest BCUT2D eigenvalue weighted by Crippen LogP contribution is 2.26. The molecule has 0 saturated heterocycles. The number of nitrogens with two attached hydrogens (primary N) is 1. The molecule has 0 spiro atoms. The average Bonchev–Trinajstić information content (AvgIpc) is 2.71. The van der Waals surface area contributed by atoms with E-state index in [1.54, 1.807) is 12.1 Å². The van der Waals surface area contributed by atoms with Crippen molar-refractivity contribution < 1.29 is 9.13 Å². The van der Waals surface area contributed by atoms with E-state index >= 15 is 0 Å². The first-order chi connectivity index (χ1) is 9.95. The van der Waals surface area contributed by atoms with Gasteiger partial charge in [0.2, 0.25) is 0 Å². The molecule has 0 atom stereocenters. The van der Waals surface area contributed by atoms with Crippen LogP contribution in [0, 0.1) is 12.7 Å². The lowest BCUT2D eigenvalue weighted by Crippen LogP contribution is -2.14. The molecular formula is C14H15BrFN3OS. The molecule has 2 N–H and O–H groups in total. The highest BCUT2D eigenvalue weighted by Gasteiger charge is 2.16. The summed E-state index contributed by atoms with van der Waals surface area (Å²) in [7, 11) is 0. The Morgan fingerprint density at radius 2 is 2.24 bits per heavy atom. The largest absolute Gasteiger partial charge is 0.486 e. The summed E-state index contributed by atoms with van der Waals surface area (Å²) in [4.78, 5) is -0.0256. The van der Waals surface area contributed by atoms with Gasteiger partial charge in [0, 0.05) is 6.54 Å². The zero-order chi connectivity index (χ0) is 15.6. The highest BCUT2D eigenvalue weighted by molar-refractivity contribution is 9.10. The van der Waals surface area contributed by atoms with E-state index in [9.17, 15) is 4.39 Å². The number of aryl methyl sites for hydroxylation is 2. The van der Waals surface area contributed by atoms with Crippen LogP contribution >= 0.6 is 28.1 Å². The highest BCUT2D eigenvalue weighted by atomic mass is 79.9. The summed E-state index contributed by atoms with van der Waals surface area (Å²) < 4.78 is 22.2. The van der Waals surface area contributed by atoms with Crippen molar-refractivity contribution in [3.8, 4) is 5.75 Å². The zero-order valence-corrected chi connectivity index (χ0v) is 14.1. The molecule has 1 heterocycles. The molecule has 0 saturated carbocycles. The lowest BCUT2D eigenvalue weighted by atomic mass is 10.2. The molecule has 7 heteroatoms. The number of aromatic nitrogens is 2. The van der Waals surface area contributed by atoms with Crippen LogP contribution in [0.15, 0.2) is 22.7 Å². The summed E-state index contributed by atoms with van der Waals surface area (Å²) in [6.07, 6.45) is 0. The number of hydrogen-bond donors (Lipinski definition) is 1. The van der Waals surface area contributed by atoms with Crippen molar-refractivity contribution in [1.82, 2.24) is 9.78 Å². The van der Waals surface area contributed by atoms with Gasteiger partial charge < -0.3 is 10.5 Å². The summed E-state index contributed by atoms with van der Waals surface area (Å²) in [5.74, 6) is -0.157. The Morgan fingerprint density at radius 3 is 2.86 bits per heavy atom. The van der Waals surface area contributed by atoms with Crippen LogP contribution in [0.25, 0.3) is 0 Å². The van der Waals surface area contributed by atoms with Crippen molar-refractivity contribution in [3.05, 3.63) is 45.4 Å². The zero-order valence-electron chi connectivity index (χ0n) is 11.7. The van der Waals surface area contributed by atoms with E-state index in [1.165, 1.54) is 6.07 Å². The number of thiocarbonyl (C=S) groups is 1. The van der Waals surface area contributed by atoms with Gasteiger partial charge in [-0.05, 0) is 41.9 Å². The number of rotatable bonds is 5. The minimum absolute atomic E-state index is 0.0256. The minimum atomic E-state index is -0.487. The van der Waals surface area contributed by atoms with E-state index in [4.69, 9.17) is 22.7 Å². The maximum Gasteiger partial charge on any atom is 0.137 e. The Bertz CT molecular complexity index is 687. The second-order valence-electron chi connectivity index (χ2n) is 4.43. The molecule has 0 bridgehead atoms. The van der Waals surface area contributed by atoms with Crippen molar-refractivity contribution in [2.24, 2.45) is 5.73 Å². The fourth-order valence-corrected chi connectivity index (χ4v) is 2.61. The molecular weight excluding hydrogens is 357 g/mol. The molecule has 0 amide bonds. The maximum atomic E-state index is 13.8. The van der Waals surface area contributed by atoms with Gasteiger partial charge in [-0.2, -0.15) is 5.10 Å². The summed E-state index contributed by atoms with van der Waals surface area (Å²) >= 11 is 8.37. The van der Waals surface area contributed by atoms with Gasteiger partial charge in [-0.1, -0.05) is 18.3 Å². The van der Waals surface area contributed by atoms with E-state index in [1.807, 2.05) is 18.5 Å². The van der Waals surface area contributed by atoms with E-state index < -0.39 is 5.82 Å². The Labute approximate surface area is 136 Å². The van der Waals surface area contributed by atoms with Crippen LogP contribution in [0.3, 0.4) is 0 Å². The summed E-state index contributed by atoms with van der Waals surface area (Å²) in [5.41, 5.74) is 7.45. The molecule has 21 heavy (non-hydrogen) atoms. The van der Waals surface area contributed by atoms with Crippen LogP contribution in [-0.4, -0.2) is 14.8 Å². The number of nitrogens with zero attached hydrogens (tertiary/aromatic N) is 2. The Kier molecular flexibility index (Phi) is 4.95. The first-order valence-electron chi connectivity index (χ1n) is 6.38.